The van der Waals surface area contributed by atoms with Gasteiger partial charge in [-0.05, 0) is 95.1 Å². The van der Waals surface area contributed by atoms with Gasteiger partial charge in [-0.3, -0.25) is 0 Å². The van der Waals surface area contributed by atoms with Gasteiger partial charge in [0.15, 0.2) is 0 Å². The Bertz CT molecular complexity index is 960. The molecule has 0 heterocycles. The van der Waals surface area contributed by atoms with Crippen LogP contribution in [-0.4, -0.2) is 24.6 Å². The van der Waals surface area contributed by atoms with E-state index in [0.717, 1.165) is 25.7 Å². The largest absolute Gasteiger partial charge is 0.396 e. The number of aryl methyl sites for hydroxylation is 2. The van der Waals surface area contributed by atoms with Crippen LogP contribution in [0.15, 0.2) is 71.5 Å². The number of hydrogen-bond donors (Lipinski definition) is 0. The second-order valence-corrected chi connectivity index (χ2v) is 9.73. The van der Waals surface area contributed by atoms with E-state index < -0.39 is 0 Å². The van der Waals surface area contributed by atoms with E-state index in [1.165, 1.54) is 59.4 Å². The van der Waals surface area contributed by atoms with Crippen LogP contribution in [0, 0.1) is 13.8 Å². The van der Waals surface area contributed by atoms with Crippen LogP contribution in [0.3, 0.4) is 0 Å². The van der Waals surface area contributed by atoms with Crippen molar-refractivity contribution in [2.45, 2.75) is 84.0 Å². The van der Waals surface area contributed by atoms with Crippen LogP contribution in [-0.2, 0) is 9.68 Å². The highest BCUT2D eigenvalue weighted by Crippen LogP contribution is 2.32. The molecule has 4 heteroatoms. The van der Waals surface area contributed by atoms with Crippen LogP contribution in [0.4, 0.5) is 0 Å². The lowest BCUT2D eigenvalue weighted by molar-refractivity contribution is 0.156. The number of nitrogens with zero attached hydrogens (tertiary/aromatic N) is 2. The molecule has 2 fully saturated rings. The molecule has 2 aromatic carbocycles. The molecule has 2 unspecified atom stereocenters. The maximum Gasteiger partial charge on any atom is 0.135 e. The molecule has 0 bridgehead atoms. The first-order valence-corrected chi connectivity index (χ1v) is 13.2. The lowest BCUT2D eigenvalue weighted by Gasteiger charge is -2.23. The van der Waals surface area contributed by atoms with Gasteiger partial charge in [0.25, 0.3) is 0 Å². The smallest absolute Gasteiger partial charge is 0.135 e. The molecule has 0 radical (unpaired) electrons. The van der Waals surface area contributed by atoms with Gasteiger partial charge in [0.05, 0.1) is 11.4 Å². The summed E-state index contributed by atoms with van der Waals surface area (Å²) >= 11 is 0. The summed E-state index contributed by atoms with van der Waals surface area (Å²) < 4.78 is 0. The number of benzene rings is 2. The molecular weight excluding hydrogens is 432 g/mol. The average molecular weight is 475 g/mol. The number of oxime groups is 2. The summed E-state index contributed by atoms with van der Waals surface area (Å²) in [7, 11) is 0. The maximum atomic E-state index is 5.20. The van der Waals surface area contributed by atoms with Gasteiger partial charge >= 0.3 is 0 Å². The van der Waals surface area contributed by atoms with Crippen LogP contribution in [0.5, 0.6) is 0 Å². The van der Waals surface area contributed by atoms with Gasteiger partial charge in [-0.25, -0.2) is 0 Å². The van der Waals surface area contributed by atoms with Crippen molar-refractivity contribution in [3.05, 3.63) is 83.4 Å². The third-order valence-electron chi connectivity index (χ3n) is 6.81. The van der Waals surface area contributed by atoms with Crippen molar-refractivity contribution in [2.75, 3.05) is 13.2 Å². The highest BCUT2D eigenvalue weighted by atomic mass is 16.6. The summed E-state index contributed by atoms with van der Waals surface area (Å²) in [5.74, 6) is 1.23. The lowest BCUT2D eigenvalue weighted by Crippen LogP contribution is -2.14. The standard InChI is InChI=1S/C16H21NO.C15H21NO/c1-3-11-18-17-16-6-4-5-15(12-16)14-9-7-13(2)8-10-14;1-3-17-16-15-6-4-5-14(11-15)13-9-7-12(2)8-10-13/h3,7-10,15H,1,4-6,11-12H2,2H3;7-10,14H,3-6,11H2,1-2H3/b17-16+;16-15+. The predicted octanol–water partition coefficient (Wildman–Crippen LogP) is 8.26. The van der Waals surface area contributed by atoms with Crippen molar-refractivity contribution < 1.29 is 9.68 Å². The first-order valence-electron chi connectivity index (χ1n) is 13.2. The molecule has 4 rings (SSSR count). The third-order valence-corrected chi connectivity index (χ3v) is 6.81. The van der Waals surface area contributed by atoms with E-state index in [-0.39, 0.29) is 0 Å². The Hall–Kier alpha value is -2.88. The summed E-state index contributed by atoms with van der Waals surface area (Å²) in [6.45, 7) is 11.0. The van der Waals surface area contributed by atoms with Crippen LogP contribution in [0.2, 0.25) is 0 Å². The van der Waals surface area contributed by atoms with E-state index in [0.29, 0.717) is 25.0 Å². The summed E-state index contributed by atoms with van der Waals surface area (Å²) in [6.07, 6.45) is 10.9. The van der Waals surface area contributed by atoms with Gasteiger partial charge in [-0.15, -0.1) is 0 Å². The Balaban J connectivity index is 0.000000196. The normalized spacial score (nSPS) is 22.3. The quantitative estimate of drug-likeness (QED) is 0.230. The molecule has 4 nitrogen and oxygen atoms in total. The molecule has 2 aromatic rings. The fourth-order valence-electron chi connectivity index (χ4n) is 4.83. The molecule has 188 valence electrons. The SMILES string of the molecule is C=CCO/N=C1\CCCC(c2ccc(C)cc2)C1.CCO/N=C1\CCCC(c2ccc(C)cc2)C1. The number of rotatable bonds is 7. The molecule has 0 spiro atoms. The second kappa shape index (κ2) is 14.5. The highest BCUT2D eigenvalue weighted by molar-refractivity contribution is 5.86. The van der Waals surface area contributed by atoms with Crippen LogP contribution in [0.1, 0.15) is 92.4 Å². The van der Waals surface area contributed by atoms with Crippen molar-refractivity contribution in [2.24, 2.45) is 10.3 Å². The summed E-state index contributed by atoms with van der Waals surface area (Å²) in [5.41, 5.74) is 7.93. The van der Waals surface area contributed by atoms with Crippen LogP contribution in [0.25, 0.3) is 0 Å². The van der Waals surface area contributed by atoms with Crippen LogP contribution < -0.4 is 0 Å². The van der Waals surface area contributed by atoms with E-state index >= 15 is 0 Å². The lowest BCUT2D eigenvalue weighted by atomic mass is 9.83. The van der Waals surface area contributed by atoms with Gasteiger partial charge in [0, 0.05) is 0 Å². The molecule has 0 saturated heterocycles. The zero-order chi connectivity index (χ0) is 24.9. The molecule has 0 aromatic heterocycles. The Morgan fingerprint density at radius 3 is 1.66 bits per heavy atom. The Morgan fingerprint density at radius 1 is 0.771 bits per heavy atom. The van der Waals surface area contributed by atoms with E-state index in [1.54, 1.807) is 6.08 Å². The minimum atomic E-state index is 0.499. The molecular formula is C31H42N2O2. The van der Waals surface area contributed by atoms with Gasteiger partial charge in [-0.2, -0.15) is 0 Å². The van der Waals surface area contributed by atoms with Crippen LogP contribution >= 0.6 is 0 Å². The maximum absolute atomic E-state index is 5.20. The second-order valence-electron chi connectivity index (χ2n) is 9.73. The molecule has 2 aliphatic rings. The minimum Gasteiger partial charge on any atom is -0.396 e. The monoisotopic (exact) mass is 474 g/mol. The zero-order valence-corrected chi connectivity index (χ0v) is 21.8. The van der Waals surface area contributed by atoms with Crippen molar-refractivity contribution in [1.29, 1.82) is 0 Å². The Kier molecular flexibility index (Phi) is 11.1. The molecule has 0 amide bonds. The van der Waals surface area contributed by atoms with Gasteiger partial charge in [0.2, 0.25) is 0 Å². The van der Waals surface area contributed by atoms with Crippen molar-refractivity contribution in [1.82, 2.24) is 0 Å². The van der Waals surface area contributed by atoms with Crippen molar-refractivity contribution in [3.63, 3.8) is 0 Å². The molecule has 2 atom stereocenters. The number of hydrogen-bond acceptors (Lipinski definition) is 4. The molecule has 0 N–H and O–H groups in total. The summed E-state index contributed by atoms with van der Waals surface area (Å²) in [4.78, 5) is 10.4. The first-order chi connectivity index (χ1) is 17.1. The predicted molar refractivity (Wildman–Crippen MR) is 147 cm³/mol. The van der Waals surface area contributed by atoms with Gasteiger partial charge < -0.3 is 9.68 Å². The van der Waals surface area contributed by atoms with Crippen molar-refractivity contribution >= 4 is 11.4 Å². The first kappa shape index (κ1) is 26.7. The fraction of sp³-hybridized carbons (Fsp3) is 0.484. The van der Waals surface area contributed by atoms with E-state index in [9.17, 15) is 0 Å². The van der Waals surface area contributed by atoms with E-state index in [2.05, 4.69) is 79.3 Å². The zero-order valence-electron chi connectivity index (χ0n) is 21.8. The van der Waals surface area contributed by atoms with E-state index in [1.807, 2.05) is 6.92 Å². The summed E-state index contributed by atoms with van der Waals surface area (Å²) in [5, 5.41) is 8.42. The average Bonchev–Trinajstić information content (AvgIpc) is 2.89. The fourth-order valence-corrected chi connectivity index (χ4v) is 4.83. The molecule has 0 aliphatic heterocycles. The summed E-state index contributed by atoms with van der Waals surface area (Å²) in [6, 6.07) is 17.8. The topological polar surface area (TPSA) is 43.2 Å². The minimum absolute atomic E-state index is 0.499. The molecule has 35 heavy (non-hydrogen) atoms. The molecule has 2 aliphatic carbocycles. The van der Waals surface area contributed by atoms with Crippen molar-refractivity contribution in [3.8, 4) is 0 Å². The van der Waals surface area contributed by atoms with Gasteiger partial charge in [-0.1, -0.05) is 82.6 Å². The highest BCUT2D eigenvalue weighted by Gasteiger charge is 2.21. The third kappa shape index (κ3) is 9.01. The molecule has 2 saturated carbocycles. The Labute approximate surface area is 212 Å². The van der Waals surface area contributed by atoms with E-state index in [4.69, 9.17) is 9.68 Å². The van der Waals surface area contributed by atoms with Gasteiger partial charge in [0.1, 0.15) is 13.2 Å². The Morgan fingerprint density at radius 2 is 1.23 bits per heavy atom.